The molecule has 0 fully saturated rings. The molecular weight excluding hydrogens is 337 g/mol. The van der Waals surface area contributed by atoms with Gasteiger partial charge < -0.3 is 9.88 Å². The molecular formula is C17H15F3N2O3. The lowest BCUT2D eigenvalue weighted by atomic mass is 9.81. The van der Waals surface area contributed by atoms with Crippen molar-refractivity contribution >= 4 is 28.4 Å². The molecule has 132 valence electrons. The summed E-state index contributed by atoms with van der Waals surface area (Å²) in [5, 5.41) is 0.763. The first-order chi connectivity index (χ1) is 11.6. The lowest BCUT2D eigenvalue weighted by molar-refractivity contribution is -0.193. The number of amides is 1. The van der Waals surface area contributed by atoms with Crippen molar-refractivity contribution in [3.05, 3.63) is 35.5 Å². The third-order valence-corrected chi connectivity index (χ3v) is 4.68. The molecule has 25 heavy (non-hydrogen) atoms. The minimum Gasteiger partial charge on any atom is -0.356 e. The van der Waals surface area contributed by atoms with Gasteiger partial charge in [-0.2, -0.15) is 13.2 Å². The van der Waals surface area contributed by atoms with Gasteiger partial charge in [0, 0.05) is 24.4 Å². The molecule has 1 aliphatic rings. The van der Waals surface area contributed by atoms with Crippen molar-refractivity contribution in [1.82, 2.24) is 9.88 Å². The number of H-pyrrole nitrogens is 1. The summed E-state index contributed by atoms with van der Waals surface area (Å²) in [7, 11) is 0. The van der Waals surface area contributed by atoms with Gasteiger partial charge in [0.2, 0.25) is 5.78 Å². The number of rotatable bonds is 2. The summed E-state index contributed by atoms with van der Waals surface area (Å²) < 4.78 is 39.1. The largest absolute Gasteiger partial charge is 0.471 e. The smallest absolute Gasteiger partial charge is 0.356 e. The second-order valence-electron chi connectivity index (χ2n) is 6.19. The van der Waals surface area contributed by atoms with Crippen LogP contribution in [0.3, 0.4) is 0 Å². The number of para-hydroxylation sites is 1. The van der Waals surface area contributed by atoms with E-state index in [0.29, 0.717) is 16.0 Å². The minimum atomic E-state index is -5.14. The summed E-state index contributed by atoms with van der Waals surface area (Å²) in [4.78, 5) is 39.6. The topological polar surface area (TPSA) is 70.2 Å². The first kappa shape index (κ1) is 17.2. The van der Waals surface area contributed by atoms with Crippen LogP contribution >= 0.6 is 0 Å². The van der Waals surface area contributed by atoms with Gasteiger partial charge in [-0.25, -0.2) is 0 Å². The van der Waals surface area contributed by atoms with Crippen molar-refractivity contribution in [3.63, 3.8) is 0 Å². The molecule has 0 spiro atoms. The number of alkyl halides is 3. The Morgan fingerprint density at radius 2 is 1.84 bits per heavy atom. The summed E-state index contributed by atoms with van der Waals surface area (Å²) in [6.45, 7) is 1.87. The van der Waals surface area contributed by atoms with Gasteiger partial charge >= 0.3 is 12.1 Å². The molecule has 1 aromatic heterocycles. The average Bonchev–Trinajstić information content (AvgIpc) is 2.93. The third-order valence-electron chi connectivity index (χ3n) is 4.68. The lowest BCUT2D eigenvalue weighted by Gasteiger charge is -2.43. The maximum Gasteiger partial charge on any atom is 0.471 e. The first-order valence-electron chi connectivity index (χ1n) is 7.62. The maximum atomic E-state index is 13.0. The standard InChI is InChI=1S/C17H15F3N2O3/c1-9(23)14(24)16(2)13-11(10-5-3-4-6-12(10)21-13)7-8-22(16)15(25)17(18,19)20/h3-6,21H,7-8H2,1-2H3. The molecule has 0 saturated carbocycles. The van der Waals surface area contributed by atoms with E-state index < -0.39 is 29.2 Å². The van der Waals surface area contributed by atoms with Crippen LogP contribution in [0, 0.1) is 0 Å². The number of halogens is 3. The highest BCUT2D eigenvalue weighted by molar-refractivity contribution is 6.40. The second-order valence-corrected chi connectivity index (χ2v) is 6.19. The zero-order valence-electron chi connectivity index (χ0n) is 13.5. The summed E-state index contributed by atoms with van der Waals surface area (Å²) in [5.41, 5.74) is -0.571. The Balaban J connectivity index is 2.27. The number of fused-ring (bicyclic) bond motifs is 3. The molecule has 1 unspecified atom stereocenters. The van der Waals surface area contributed by atoms with Crippen LogP contribution < -0.4 is 0 Å². The van der Waals surface area contributed by atoms with Crippen LogP contribution in [0.25, 0.3) is 10.9 Å². The number of nitrogens with zero attached hydrogens (tertiary/aromatic N) is 1. The van der Waals surface area contributed by atoms with Gasteiger partial charge in [0.25, 0.3) is 0 Å². The van der Waals surface area contributed by atoms with Crippen LogP contribution in [0.4, 0.5) is 13.2 Å². The van der Waals surface area contributed by atoms with E-state index >= 15 is 0 Å². The number of aromatic amines is 1. The Labute approximate surface area is 140 Å². The highest BCUT2D eigenvalue weighted by Gasteiger charge is 2.55. The Morgan fingerprint density at radius 3 is 2.44 bits per heavy atom. The molecule has 0 aliphatic carbocycles. The number of Topliss-reactive ketones (excluding diaryl/α,β-unsaturated/α-hetero) is 2. The van der Waals surface area contributed by atoms with Crippen molar-refractivity contribution in [2.75, 3.05) is 6.54 Å². The number of ketones is 2. The molecule has 3 rings (SSSR count). The van der Waals surface area contributed by atoms with E-state index in [4.69, 9.17) is 0 Å². The van der Waals surface area contributed by atoms with E-state index in [2.05, 4.69) is 4.98 Å². The van der Waals surface area contributed by atoms with Crippen molar-refractivity contribution in [3.8, 4) is 0 Å². The monoisotopic (exact) mass is 352 g/mol. The van der Waals surface area contributed by atoms with Gasteiger partial charge in [0.1, 0.15) is 5.54 Å². The Kier molecular flexibility index (Phi) is 3.74. The molecule has 1 aromatic carbocycles. The van der Waals surface area contributed by atoms with Gasteiger partial charge in [-0.3, -0.25) is 14.4 Å². The first-order valence-corrected chi connectivity index (χ1v) is 7.62. The fraction of sp³-hybridized carbons (Fsp3) is 0.353. The maximum absolute atomic E-state index is 13.0. The molecule has 2 aromatic rings. The summed E-state index contributed by atoms with van der Waals surface area (Å²) in [6, 6.07) is 7.02. The molecule has 2 heterocycles. The predicted octanol–water partition coefficient (Wildman–Crippen LogP) is 2.49. The van der Waals surface area contributed by atoms with E-state index in [1.165, 1.54) is 6.92 Å². The van der Waals surface area contributed by atoms with Crippen LogP contribution in [0.2, 0.25) is 0 Å². The highest BCUT2D eigenvalue weighted by Crippen LogP contribution is 2.41. The molecule has 0 saturated heterocycles. The van der Waals surface area contributed by atoms with Crippen molar-refractivity contribution in [1.29, 1.82) is 0 Å². The van der Waals surface area contributed by atoms with Crippen LogP contribution in [0.1, 0.15) is 25.1 Å². The molecule has 1 N–H and O–H groups in total. The highest BCUT2D eigenvalue weighted by atomic mass is 19.4. The van der Waals surface area contributed by atoms with E-state index in [1.807, 2.05) is 0 Å². The van der Waals surface area contributed by atoms with Gasteiger partial charge in [0.15, 0.2) is 5.78 Å². The van der Waals surface area contributed by atoms with Gasteiger partial charge in [-0.05, 0) is 25.0 Å². The Hall–Kier alpha value is -2.64. The fourth-order valence-electron chi connectivity index (χ4n) is 3.49. The second kappa shape index (κ2) is 5.44. The van der Waals surface area contributed by atoms with Crippen molar-refractivity contribution in [2.24, 2.45) is 0 Å². The van der Waals surface area contributed by atoms with Crippen LogP contribution in [0.15, 0.2) is 24.3 Å². The number of hydrogen-bond acceptors (Lipinski definition) is 3. The molecule has 1 amide bonds. The predicted molar refractivity (Wildman–Crippen MR) is 82.8 cm³/mol. The number of nitrogens with one attached hydrogen (secondary N) is 1. The molecule has 1 aliphatic heterocycles. The normalized spacial score (nSPS) is 20.4. The zero-order chi connectivity index (χ0) is 18.6. The Bertz CT molecular complexity index is 900. The van der Waals surface area contributed by atoms with E-state index in [0.717, 1.165) is 12.3 Å². The molecule has 5 nitrogen and oxygen atoms in total. The lowest BCUT2D eigenvalue weighted by Crippen LogP contribution is -2.60. The summed E-state index contributed by atoms with van der Waals surface area (Å²) in [6.07, 6.45) is -4.98. The van der Waals surface area contributed by atoms with E-state index in [-0.39, 0.29) is 18.7 Å². The third kappa shape index (κ3) is 2.43. The SMILES string of the molecule is CC(=O)C(=O)C1(C)c2[nH]c3ccccc3c2CCN1C(=O)C(F)(F)F. The summed E-state index contributed by atoms with van der Waals surface area (Å²) >= 11 is 0. The van der Waals surface area contributed by atoms with Crippen molar-refractivity contribution in [2.45, 2.75) is 32.0 Å². The van der Waals surface area contributed by atoms with Crippen LogP contribution in [-0.4, -0.2) is 40.1 Å². The molecule has 8 heteroatoms. The van der Waals surface area contributed by atoms with E-state index in [1.54, 1.807) is 24.3 Å². The van der Waals surface area contributed by atoms with E-state index in [9.17, 15) is 27.6 Å². The molecule has 1 atom stereocenters. The van der Waals surface area contributed by atoms with Crippen LogP contribution in [0.5, 0.6) is 0 Å². The molecule has 0 radical (unpaired) electrons. The number of aromatic nitrogens is 1. The van der Waals surface area contributed by atoms with Gasteiger partial charge in [-0.15, -0.1) is 0 Å². The van der Waals surface area contributed by atoms with Crippen molar-refractivity contribution < 1.29 is 27.6 Å². The quantitative estimate of drug-likeness (QED) is 0.844. The van der Waals surface area contributed by atoms with Gasteiger partial charge in [0.05, 0.1) is 5.69 Å². The van der Waals surface area contributed by atoms with Crippen LogP contribution in [-0.2, 0) is 26.3 Å². The fourth-order valence-corrected chi connectivity index (χ4v) is 3.49. The zero-order valence-corrected chi connectivity index (χ0v) is 13.5. The number of carbonyl (C=O) groups excluding carboxylic acids is 3. The van der Waals surface area contributed by atoms with Gasteiger partial charge in [-0.1, -0.05) is 18.2 Å². The minimum absolute atomic E-state index is 0.155. The molecule has 0 bridgehead atoms. The number of benzene rings is 1. The summed E-state index contributed by atoms with van der Waals surface area (Å²) in [5.74, 6) is -4.10. The Morgan fingerprint density at radius 1 is 1.20 bits per heavy atom. The number of carbonyl (C=O) groups is 3. The number of hydrogen-bond donors (Lipinski definition) is 1. The average molecular weight is 352 g/mol.